The Kier molecular flexibility index (Phi) is 4.44. The van der Waals surface area contributed by atoms with Gasteiger partial charge in [0, 0.05) is 9.86 Å². The van der Waals surface area contributed by atoms with E-state index in [0.717, 1.165) is 21.2 Å². The highest BCUT2D eigenvalue weighted by Gasteiger charge is 2.37. The Labute approximate surface area is 132 Å². The van der Waals surface area contributed by atoms with Crippen LogP contribution in [0.25, 0.3) is 11.0 Å². The van der Waals surface area contributed by atoms with Crippen LogP contribution in [0.2, 0.25) is 0 Å². The molecule has 1 heterocycles. The van der Waals surface area contributed by atoms with Gasteiger partial charge in [-0.2, -0.15) is 0 Å². The van der Waals surface area contributed by atoms with Crippen molar-refractivity contribution in [1.29, 1.82) is 0 Å². The van der Waals surface area contributed by atoms with E-state index in [9.17, 15) is 9.90 Å². The summed E-state index contributed by atoms with van der Waals surface area (Å²) in [6.07, 6.45) is 0. The molecular formula is C16H20BrNO3. The summed E-state index contributed by atoms with van der Waals surface area (Å²) in [7, 11) is 0. The number of nitrogens with zero attached hydrogens (tertiary/aromatic N) is 1. The minimum atomic E-state index is -0.951. The van der Waals surface area contributed by atoms with E-state index in [2.05, 4.69) is 15.9 Å². The van der Waals surface area contributed by atoms with Crippen molar-refractivity contribution >= 4 is 32.9 Å². The molecule has 2 aromatic rings. The molecule has 0 amide bonds. The highest BCUT2D eigenvalue weighted by molar-refractivity contribution is 9.10. The van der Waals surface area contributed by atoms with Gasteiger partial charge in [0.25, 0.3) is 0 Å². The summed E-state index contributed by atoms with van der Waals surface area (Å²) in [5.41, 5.74) is -0.141. The fourth-order valence-electron chi connectivity index (χ4n) is 2.67. The molecule has 0 aliphatic carbocycles. The van der Waals surface area contributed by atoms with Gasteiger partial charge in [0.2, 0.25) is 0 Å². The molecular weight excluding hydrogens is 334 g/mol. The van der Waals surface area contributed by atoms with E-state index in [0.29, 0.717) is 6.54 Å². The number of aliphatic carboxylic acids is 1. The number of carboxylic acid groups (broad SMARTS) is 1. The molecule has 1 aromatic heterocycles. The lowest BCUT2D eigenvalue weighted by molar-refractivity contribution is -0.151. The van der Waals surface area contributed by atoms with Gasteiger partial charge >= 0.3 is 5.97 Å². The van der Waals surface area contributed by atoms with Crippen LogP contribution in [-0.2, 0) is 4.79 Å². The molecule has 0 radical (unpaired) electrons. The third-order valence-electron chi connectivity index (χ3n) is 3.96. The highest BCUT2D eigenvalue weighted by Crippen LogP contribution is 2.32. The molecule has 0 aliphatic heterocycles. The van der Waals surface area contributed by atoms with Gasteiger partial charge in [-0.3, -0.25) is 9.69 Å². The zero-order chi connectivity index (χ0) is 15.8. The number of benzene rings is 1. The average molecular weight is 354 g/mol. The van der Waals surface area contributed by atoms with Crippen molar-refractivity contribution in [1.82, 2.24) is 4.90 Å². The fraction of sp³-hybridized carbons (Fsp3) is 0.438. The third-order valence-corrected chi connectivity index (χ3v) is 4.45. The SMILES string of the molecule is CCN(C(C)c1cc2cc(Br)ccc2o1)C(C)(C)C(=O)O. The number of likely N-dealkylation sites (N-methyl/N-ethyl adjacent to an activating group) is 1. The lowest BCUT2D eigenvalue weighted by Gasteiger charge is -2.37. The van der Waals surface area contributed by atoms with Crippen molar-refractivity contribution in [3.63, 3.8) is 0 Å². The van der Waals surface area contributed by atoms with Gasteiger partial charge in [-0.1, -0.05) is 22.9 Å². The maximum absolute atomic E-state index is 11.5. The molecule has 0 saturated heterocycles. The molecule has 1 atom stereocenters. The van der Waals surface area contributed by atoms with Crippen LogP contribution in [0.5, 0.6) is 0 Å². The normalized spacial score (nSPS) is 13.8. The molecule has 2 rings (SSSR count). The van der Waals surface area contributed by atoms with Gasteiger partial charge in [0.15, 0.2) is 0 Å². The molecule has 0 aliphatic rings. The Balaban J connectivity index is 2.40. The van der Waals surface area contributed by atoms with Crippen LogP contribution in [-0.4, -0.2) is 28.1 Å². The number of carbonyl (C=O) groups is 1. The van der Waals surface area contributed by atoms with Crippen molar-refractivity contribution in [2.75, 3.05) is 6.54 Å². The van der Waals surface area contributed by atoms with Crippen molar-refractivity contribution < 1.29 is 14.3 Å². The zero-order valence-electron chi connectivity index (χ0n) is 12.7. The van der Waals surface area contributed by atoms with Crippen LogP contribution in [0.3, 0.4) is 0 Å². The molecule has 1 unspecified atom stereocenters. The first-order valence-corrected chi connectivity index (χ1v) is 7.75. The molecule has 114 valence electrons. The largest absolute Gasteiger partial charge is 0.480 e. The first kappa shape index (κ1) is 16.0. The molecule has 4 nitrogen and oxygen atoms in total. The highest BCUT2D eigenvalue weighted by atomic mass is 79.9. The van der Waals surface area contributed by atoms with Crippen LogP contribution < -0.4 is 0 Å². The summed E-state index contributed by atoms with van der Waals surface area (Å²) in [6, 6.07) is 7.69. The summed E-state index contributed by atoms with van der Waals surface area (Å²) < 4.78 is 6.88. The molecule has 0 bridgehead atoms. The Hall–Kier alpha value is -1.33. The molecule has 0 spiro atoms. The average Bonchev–Trinajstić information content (AvgIpc) is 2.81. The van der Waals surface area contributed by atoms with E-state index in [1.54, 1.807) is 13.8 Å². The summed E-state index contributed by atoms with van der Waals surface area (Å²) in [5, 5.41) is 10.4. The first-order chi connectivity index (χ1) is 9.77. The zero-order valence-corrected chi connectivity index (χ0v) is 14.3. The second-order valence-corrected chi connectivity index (χ2v) is 6.57. The van der Waals surface area contributed by atoms with E-state index in [1.165, 1.54) is 0 Å². The molecule has 1 N–H and O–H groups in total. The van der Waals surface area contributed by atoms with Crippen molar-refractivity contribution in [2.45, 2.75) is 39.3 Å². The second kappa shape index (κ2) is 5.81. The number of halogens is 1. The Morgan fingerprint density at radius 2 is 2.10 bits per heavy atom. The number of hydrogen-bond donors (Lipinski definition) is 1. The number of rotatable bonds is 5. The van der Waals surface area contributed by atoms with Crippen molar-refractivity contribution in [2.24, 2.45) is 0 Å². The van der Waals surface area contributed by atoms with Crippen molar-refractivity contribution in [3.8, 4) is 0 Å². The minimum Gasteiger partial charge on any atom is -0.480 e. The standard InChI is InChI=1S/C16H20BrNO3/c1-5-18(16(3,4)15(19)20)10(2)14-9-11-8-12(17)6-7-13(11)21-14/h6-10H,5H2,1-4H3,(H,19,20). The monoisotopic (exact) mass is 353 g/mol. The molecule has 0 saturated carbocycles. The molecule has 5 heteroatoms. The molecule has 1 aromatic carbocycles. The summed E-state index contributed by atoms with van der Waals surface area (Å²) in [6.45, 7) is 7.99. The maximum atomic E-state index is 11.5. The topological polar surface area (TPSA) is 53.7 Å². The van der Waals surface area contributed by atoms with Gasteiger partial charge < -0.3 is 9.52 Å². The quantitative estimate of drug-likeness (QED) is 0.862. The minimum absolute atomic E-state index is 0.118. The first-order valence-electron chi connectivity index (χ1n) is 6.96. The Bertz CT molecular complexity index is 663. The van der Waals surface area contributed by atoms with Crippen LogP contribution in [0.15, 0.2) is 33.2 Å². The van der Waals surface area contributed by atoms with Crippen LogP contribution in [0.4, 0.5) is 0 Å². The number of furan rings is 1. The third kappa shape index (κ3) is 2.99. The van der Waals surface area contributed by atoms with Gasteiger partial charge in [0.05, 0.1) is 6.04 Å². The fourth-order valence-corrected chi connectivity index (χ4v) is 3.05. The van der Waals surface area contributed by atoms with E-state index >= 15 is 0 Å². The summed E-state index contributed by atoms with van der Waals surface area (Å²) in [4.78, 5) is 13.4. The molecule has 21 heavy (non-hydrogen) atoms. The number of hydrogen-bond acceptors (Lipinski definition) is 3. The van der Waals surface area contributed by atoms with Crippen LogP contribution in [0, 0.1) is 0 Å². The van der Waals surface area contributed by atoms with Gasteiger partial charge in [-0.25, -0.2) is 0 Å². The van der Waals surface area contributed by atoms with Gasteiger partial charge in [0.1, 0.15) is 16.9 Å². The number of fused-ring (bicyclic) bond motifs is 1. The Morgan fingerprint density at radius 3 is 2.67 bits per heavy atom. The molecule has 0 fully saturated rings. The summed E-state index contributed by atoms with van der Waals surface area (Å²) >= 11 is 3.44. The van der Waals surface area contributed by atoms with Crippen molar-refractivity contribution in [3.05, 3.63) is 34.5 Å². The lowest BCUT2D eigenvalue weighted by atomic mass is 9.99. The van der Waals surface area contributed by atoms with E-state index in [-0.39, 0.29) is 6.04 Å². The predicted molar refractivity (Wildman–Crippen MR) is 86.4 cm³/mol. The Morgan fingerprint density at radius 1 is 1.43 bits per heavy atom. The maximum Gasteiger partial charge on any atom is 0.323 e. The van der Waals surface area contributed by atoms with Crippen LogP contribution >= 0.6 is 15.9 Å². The lowest BCUT2D eigenvalue weighted by Crippen LogP contribution is -2.50. The second-order valence-electron chi connectivity index (χ2n) is 5.66. The van der Waals surface area contributed by atoms with E-state index < -0.39 is 11.5 Å². The smallest absolute Gasteiger partial charge is 0.323 e. The summed E-state index contributed by atoms with van der Waals surface area (Å²) in [5.74, 6) is -0.0608. The predicted octanol–water partition coefficient (Wildman–Crippen LogP) is 4.44. The number of carboxylic acids is 1. The van der Waals surface area contributed by atoms with Crippen LogP contribution in [0.1, 0.15) is 39.5 Å². The van der Waals surface area contributed by atoms with Gasteiger partial charge in [-0.05, 0) is 51.6 Å². The van der Waals surface area contributed by atoms with E-state index in [1.807, 2.05) is 43.0 Å². The van der Waals surface area contributed by atoms with Gasteiger partial charge in [-0.15, -0.1) is 0 Å². The van der Waals surface area contributed by atoms with E-state index in [4.69, 9.17) is 4.42 Å².